The largest absolute Gasteiger partial charge is 0.493 e. The van der Waals surface area contributed by atoms with Crippen molar-refractivity contribution in [3.63, 3.8) is 0 Å². The van der Waals surface area contributed by atoms with Crippen molar-refractivity contribution in [2.24, 2.45) is 0 Å². The van der Waals surface area contributed by atoms with Crippen LogP contribution in [0.2, 0.25) is 0 Å². The number of amides is 2. The molecule has 4 N–H and O–H groups in total. The van der Waals surface area contributed by atoms with Gasteiger partial charge in [-0.1, -0.05) is 24.3 Å². The number of benzene rings is 2. The summed E-state index contributed by atoms with van der Waals surface area (Å²) in [7, 11) is 4.69. The second kappa shape index (κ2) is 15.3. The number of thioether (sulfide) groups is 1. The Bertz CT molecular complexity index is 1820. The molecule has 0 aliphatic heterocycles. The molecule has 4 aromatic rings. The fourth-order valence-corrected chi connectivity index (χ4v) is 6.77. The predicted octanol–water partition coefficient (Wildman–Crippen LogP) is 5.24. The van der Waals surface area contributed by atoms with Gasteiger partial charge in [0.25, 0.3) is 0 Å². The van der Waals surface area contributed by atoms with E-state index in [0.717, 1.165) is 38.9 Å². The molecule has 1 heterocycles. The van der Waals surface area contributed by atoms with Crippen molar-refractivity contribution in [1.82, 2.24) is 15.6 Å². The third-order valence-electron chi connectivity index (χ3n) is 8.54. The first-order valence-corrected chi connectivity index (χ1v) is 17.0. The normalized spacial score (nSPS) is 14.3. The second-order valence-corrected chi connectivity index (χ2v) is 12.5. The van der Waals surface area contributed by atoms with Crippen LogP contribution in [0.4, 0.5) is 5.69 Å². The van der Waals surface area contributed by atoms with Gasteiger partial charge in [0.15, 0.2) is 11.5 Å². The van der Waals surface area contributed by atoms with Gasteiger partial charge in [0.2, 0.25) is 23.0 Å². The molecule has 0 saturated carbocycles. The van der Waals surface area contributed by atoms with Gasteiger partial charge in [-0.05, 0) is 84.2 Å². The first-order chi connectivity index (χ1) is 22.8. The quantitative estimate of drug-likeness (QED) is 0.154. The highest BCUT2D eigenvalue weighted by Gasteiger charge is 2.30. The number of hydrogen-bond acceptors (Lipinski definition) is 8. The maximum absolute atomic E-state index is 13.9. The number of fused-ring (bicyclic) bond motifs is 4. The Balaban J connectivity index is 1.49. The van der Waals surface area contributed by atoms with Crippen LogP contribution >= 0.6 is 11.8 Å². The summed E-state index contributed by atoms with van der Waals surface area (Å²) in [6, 6.07) is 14.1. The number of H-pyrrole nitrogens is 1. The van der Waals surface area contributed by atoms with Crippen LogP contribution in [0.1, 0.15) is 42.5 Å². The maximum atomic E-state index is 13.9. The SMILES string of the molecule is COc1cc2c(c(OC)c1OC)-c1ccc(NC(CCSC)C(=O)NCCc3c[nH]c4ccccc34)c(=O)cc1C(NC(C)=O)CC2. The molecule has 0 saturated heterocycles. The van der Waals surface area contributed by atoms with Crippen LogP contribution in [0.15, 0.2) is 59.5 Å². The number of hydrogen-bond donors (Lipinski definition) is 4. The molecule has 2 atom stereocenters. The molecule has 47 heavy (non-hydrogen) atoms. The summed E-state index contributed by atoms with van der Waals surface area (Å²) >= 11 is 1.64. The number of ether oxygens (including phenoxy) is 3. The molecule has 0 fully saturated rings. The lowest BCUT2D eigenvalue weighted by Gasteiger charge is -2.19. The fraction of sp³-hybridized carbons (Fsp3) is 0.361. The number of aryl methyl sites for hydroxylation is 1. The summed E-state index contributed by atoms with van der Waals surface area (Å²) in [5, 5.41) is 10.5. The van der Waals surface area contributed by atoms with Crippen molar-refractivity contribution in [2.45, 2.75) is 44.7 Å². The van der Waals surface area contributed by atoms with Crippen LogP contribution in [-0.2, 0) is 22.4 Å². The first-order valence-electron chi connectivity index (χ1n) is 15.6. The molecule has 0 bridgehead atoms. The molecule has 2 amide bonds. The number of para-hydroxylation sites is 1. The minimum atomic E-state index is -0.627. The highest BCUT2D eigenvalue weighted by atomic mass is 32.2. The number of methoxy groups -OCH3 is 3. The van der Waals surface area contributed by atoms with Crippen LogP contribution < -0.4 is 35.6 Å². The molecule has 1 aromatic heterocycles. The monoisotopic (exact) mass is 658 g/mol. The summed E-state index contributed by atoms with van der Waals surface area (Å²) < 4.78 is 17.2. The summed E-state index contributed by atoms with van der Waals surface area (Å²) in [6.07, 6.45) is 6.32. The van der Waals surface area contributed by atoms with E-state index in [-0.39, 0.29) is 17.2 Å². The summed E-state index contributed by atoms with van der Waals surface area (Å²) in [5.74, 6) is 1.80. The Kier molecular flexibility index (Phi) is 11.0. The number of aromatic amines is 1. The number of nitrogens with one attached hydrogen (secondary N) is 4. The molecule has 5 rings (SSSR count). The van der Waals surface area contributed by atoms with E-state index in [9.17, 15) is 14.4 Å². The van der Waals surface area contributed by atoms with Gasteiger partial charge in [0, 0.05) is 36.1 Å². The smallest absolute Gasteiger partial charge is 0.242 e. The van der Waals surface area contributed by atoms with Crippen molar-refractivity contribution in [3.8, 4) is 28.4 Å². The van der Waals surface area contributed by atoms with Gasteiger partial charge in [-0.3, -0.25) is 14.4 Å². The summed E-state index contributed by atoms with van der Waals surface area (Å²) in [5.41, 5.74) is 5.28. The number of anilines is 1. The standard InChI is InChI=1S/C36H42N4O6S/c1-21(41)39-28-12-10-22-18-32(44-2)34(45-3)35(46-4)33(22)25-11-13-29(31(42)19-26(25)28)40-30(15-17-47-5)36(43)37-16-14-23-20-38-27-9-7-6-8-24(23)27/h6-9,11,13,18-20,28,30,38H,10,12,14-17H2,1-5H3,(H,37,43)(H,39,41)(H,40,42). The lowest BCUT2D eigenvalue weighted by molar-refractivity contribution is -0.122. The number of rotatable bonds is 13. The van der Waals surface area contributed by atoms with Crippen molar-refractivity contribution in [3.05, 3.63) is 81.6 Å². The molecule has 10 nitrogen and oxygen atoms in total. The Labute approximate surface area is 279 Å². The molecule has 1 aliphatic carbocycles. The van der Waals surface area contributed by atoms with E-state index < -0.39 is 12.1 Å². The Morgan fingerprint density at radius 2 is 1.83 bits per heavy atom. The highest BCUT2D eigenvalue weighted by molar-refractivity contribution is 7.98. The molecule has 2 unspecified atom stereocenters. The molecule has 0 radical (unpaired) electrons. The number of aromatic nitrogens is 1. The van der Waals surface area contributed by atoms with E-state index in [4.69, 9.17) is 14.2 Å². The van der Waals surface area contributed by atoms with Crippen molar-refractivity contribution in [1.29, 1.82) is 0 Å². The Morgan fingerprint density at radius 1 is 1.04 bits per heavy atom. The van der Waals surface area contributed by atoms with Crippen LogP contribution in [0.25, 0.3) is 22.0 Å². The zero-order chi connectivity index (χ0) is 33.5. The maximum Gasteiger partial charge on any atom is 0.242 e. The lowest BCUT2D eigenvalue weighted by atomic mass is 9.95. The van der Waals surface area contributed by atoms with Gasteiger partial charge in [0.1, 0.15) is 6.04 Å². The average molecular weight is 659 g/mol. The molecule has 1 aliphatic rings. The highest BCUT2D eigenvalue weighted by Crippen LogP contribution is 2.50. The molecular formula is C36H42N4O6S. The van der Waals surface area contributed by atoms with E-state index in [2.05, 4.69) is 27.0 Å². The first kappa shape index (κ1) is 33.7. The van der Waals surface area contributed by atoms with Gasteiger partial charge < -0.3 is 35.1 Å². The summed E-state index contributed by atoms with van der Waals surface area (Å²) in [4.78, 5) is 42.9. The molecule has 3 aromatic carbocycles. The minimum absolute atomic E-state index is 0.175. The Morgan fingerprint density at radius 3 is 2.55 bits per heavy atom. The molecule has 248 valence electrons. The van der Waals surface area contributed by atoms with E-state index >= 15 is 0 Å². The van der Waals surface area contributed by atoms with E-state index in [0.29, 0.717) is 60.7 Å². The van der Waals surface area contributed by atoms with Gasteiger partial charge in [-0.25, -0.2) is 0 Å². The zero-order valence-electron chi connectivity index (χ0n) is 27.5. The number of carbonyl (C=O) groups is 2. The lowest BCUT2D eigenvalue weighted by Crippen LogP contribution is -2.41. The summed E-state index contributed by atoms with van der Waals surface area (Å²) in [6.45, 7) is 1.92. The third-order valence-corrected chi connectivity index (χ3v) is 9.19. The van der Waals surface area contributed by atoms with Crippen molar-refractivity contribution >= 4 is 40.2 Å². The molecular weight excluding hydrogens is 616 g/mol. The number of carbonyl (C=O) groups excluding carboxylic acids is 2. The van der Waals surface area contributed by atoms with E-state index in [1.54, 1.807) is 45.2 Å². The average Bonchev–Trinajstić information content (AvgIpc) is 3.34. The van der Waals surface area contributed by atoms with Crippen LogP contribution in [-0.4, -0.2) is 62.7 Å². The van der Waals surface area contributed by atoms with Gasteiger partial charge in [-0.2, -0.15) is 11.8 Å². The van der Waals surface area contributed by atoms with Crippen molar-refractivity contribution in [2.75, 3.05) is 45.2 Å². The fourth-order valence-electron chi connectivity index (χ4n) is 6.30. The second-order valence-electron chi connectivity index (χ2n) is 11.5. The molecule has 0 spiro atoms. The van der Waals surface area contributed by atoms with E-state index in [1.165, 1.54) is 6.92 Å². The van der Waals surface area contributed by atoms with Crippen LogP contribution in [0.3, 0.4) is 0 Å². The third kappa shape index (κ3) is 7.35. The van der Waals surface area contributed by atoms with Gasteiger partial charge in [0.05, 0.1) is 33.1 Å². The topological polar surface area (TPSA) is 131 Å². The minimum Gasteiger partial charge on any atom is -0.493 e. The van der Waals surface area contributed by atoms with Crippen molar-refractivity contribution < 1.29 is 23.8 Å². The van der Waals surface area contributed by atoms with Crippen LogP contribution in [0, 0.1) is 0 Å². The van der Waals surface area contributed by atoms with Gasteiger partial charge >= 0.3 is 0 Å². The van der Waals surface area contributed by atoms with Gasteiger partial charge in [-0.15, -0.1) is 0 Å². The zero-order valence-corrected chi connectivity index (χ0v) is 28.3. The molecule has 11 heteroatoms. The predicted molar refractivity (Wildman–Crippen MR) is 188 cm³/mol. The van der Waals surface area contributed by atoms with E-state index in [1.807, 2.05) is 42.8 Å². The Hall–Kier alpha value is -4.64. The van der Waals surface area contributed by atoms with Crippen LogP contribution in [0.5, 0.6) is 17.2 Å².